The lowest BCUT2D eigenvalue weighted by Gasteiger charge is -2.60. The fraction of sp³-hybridized carbons (Fsp3) is 0.714. The van der Waals surface area contributed by atoms with Gasteiger partial charge in [-0.25, -0.2) is 0 Å². The van der Waals surface area contributed by atoms with Gasteiger partial charge in [-0.05, 0) is 101 Å². The van der Waals surface area contributed by atoms with Gasteiger partial charge in [0.05, 0.1) is 18.2 Å². The van der Waals surface area contributed by atoms with Crippen LogP contribution in [0.15, 0.2) is 47.7 Å². The molecule has 10 heteroatoms. The first-order valence-corrected chi connectivity index (χ1v) is 20.1. The second-order valence-electron chi connectivity index (χ2n) is 16.5. The van der Waals surface area contributed by atoms with E-state index < -0.39 is 17.4 Å². The number of benzene rings is 1. The minimum atomic E-state index is -1.20. The highest BCUT2D eigenvalue weighted by atomic mass is 16.7. The van der Waals surface area contributed by atoms with Crippen molar-refractivity contribution in [3.8, 4) is 11.5 Å². The summed E-state index contributed by atoms with van der Waals surface area (Å²) in [6.45, 7) is 17.1. The van der Waals surface area contributed by atoms with Gasteiger partial charge < -0.3 is 34.2 Å². The number of hydrogen-bond acceptors (Lipinski definition) is 9. The van der Waals surface area contributed by atoms with Crippen molar-refractivity contribution in [2.75, 3.05) is 52.6 Å². The van der Waals surface area contributed by atoms with Crippen molar-refractivity contribution >= 4 is 11.6 Å². The molecule has 1 aromatic carbocycles. The molecule has 0 bridgehead atoms. The zero-order valence-electron chi connectivity index (χ0n) is 32.1. The molecular weight excluding hydrogens is 658 g/mol. The van der Waals surface area contributed by atoms with E-state index in [1.54, 1.807) is 6.08 Å². The van der Waals surface area contributed by atoms with Crippen LogP contribution in [-0.4, -0.2) is 102 Å². The standard InChI is InChI=1S/C42H63N3O7/c1-6-18-45(40(48)29-14-15-29)37-28-35(43-52-41(3,4)5)33-26-30(12-8-10-22-46)32(13-9-11-23-47)38-34-27-31(49-25-21-44-19-20-44)16-17-36(34)51-42(37,39(33)38)50-24-7-2/h7,16-17,26-27,29-30,32,37-39,46-47H,2,6,8-15,18-25,28H2,1,3-5H3/t30-,32+,37-,38+,39+,42+/m0/s1. The van der Waals surface area contributed by atoms with Crippen molar-refractivity contribution in [3.63, 3.8) is 0 Å². The number of fused-ring (bicyclic) bond motifs is 2. The number of ether oxygens (including phenoxy) is 3. The molecule has 6 atom stereocenters. The summed E-state index contributed by atoms with van der Waals surface area (Å²) in [5.41, 5.74) is 2.49. The molecule has 6 rings (SSSR count). The molecule has 0 radical (unpaired) electrons. The molecule has 288 valence electrons. The van der Waals surface area contributed by atoms with Crippen LogP contribution in [0.1, 0.15) is 103 Å². The van der Waals surface area contributed by atoms with E-state index in [1.807, 2.05) is 37.8 Å². The fourth-order valence-corrected chi connectivity index (χ4v) is 8.74. The number of carbonyl (C=O) groups is 1. The molecule has 0 aromatic heterocycles. The van der Waals surface area contributed by atoms with Crippen LogP contribution in [0, 0.1) is 23.7 Å². The van der Waals surface area contributed by atoms with Crippen molar-refractivity contribution in [1.82, 2.24) is 9.80 Å². The predicted octanol–water partition coefficient (Wildman–Crippen LogP) is 6.46. The Balaban J connectivity index is 1.55. The van der Waals surface area contributed by atoms with Crippen molar-refractivity contribution in [2.45, 2.75) is 115 Å². The number of hydrogen-bond donors (Lipinski definition) is 2. The summed E-state index contributed by atoms with van der Waals surface area (Å²) in [6.07, 6.45) is 12.3. The van der Waals surface area contributed by atoms with Gasteiger partial charge in [-0.2, -0.15) is 0 Å². The van der Waals surface area contributed by atoms with Gasteiger partial charge in [0.2, 0.25) is 11.7 Å². The first-order chi connectivity index (χ1) is 25.1. The average Bonchev–Trinajstić information content (AvgIpc) is 4.06. The van der Waals surface area contributed by atoms with E-state index in [9.17, 15) is 15.0 Å². The number of aliphatic hydroxyl groups excluding tert-OH is 2. The van der Waals surface area contributed by atoms with Crippen LogP contribution in [0.25, 0.3) is 0 Å². The Morgan fingerprint density at radius 3 is 2.54 bits per heavy atom. The topological polar surface area (TPSA) is 113 Å². The van der Waals surface area contributed by atoms with Crippen LogP contribution in [-0.2, 0) is 14.4 Å². The lowest BCUT2D eigenvalue weighted by Crippen LogP contribution is -2.70. The summed E-state index contributed by atoms with van der Waals surface area (Å²) in [7, 11) is 0. The van der Waals surface area contributed by atoms with Gasteiger partial charge in [-0.1, -0.05) is 37.1 Å². The highest BCUT2D eigenvalue weighted by molar-refractivity contribution is 6.03. The third-order valence-corrected chi connectivity index (χ3v) is 11.3. The molecule has 52 heavy (non-hydrogen) atoms. The molecule has 2 saturated carbocycles. The predicted molar refractivity (Wildman–Crippen MR) is 202 cm³/mol. The van der Waals surface area contributed by atoms with Gasteiger partial charge in [0.1, 0.15) is 29.7 Å². The monoisotopic (exact) mass is 721 g/mol. The molecule has 1 amide bonds. The first kappa shape index (κ1) is 38.8. The van der Waals surface area contributed by atoms with Gasteiger partial charge in [-0.3, -0.25) is 9.69 Å². The lowest BCUT2D eigenvalue weighted by molar-refractivity contribution is -0.257. The van der Waals surface area contributed by atoms with Crippen molar-refractivity contribution in [3.05, 3.63) is 48.1 Å². The number of rotatable bonds is 20. The summed E-state index contributed by atoms with van der Waals surface area (Å²) in [5, 5.41) is 24.6. The summed E-state index contributed by atoms with van der Waals surface area (Å²) in [4.78, 5) is 24.9. The van der Waals surface area contributed by atoms with E-state index in [-0.39, 0.29) is 55.3 Å². The minimum Gasteiger partial charge on any atom is -0.492 e. The Morgan fingerprint density at radius 1 is 1.13 bits per heavy atom. The maximum Gasteiger partial charge on any atom is 0.239 e. The Hall–Kier alpha value is -2.92. The Bertz CT molecular complexity index is 1450. The molecule has 0 unspecified atom stereocenters. The number of carbonyl (C=O) groups excluding carboxylic acids is 1. The van der Waals surface area contributed by atoms with Gasteiger partial charge in [-0.15, -0.1) is 6.58 Å². The molecule has 5 aliphatic rings. The number of amides is 1. The Kier molecular flexibility index (Phi) is 12.7. The average molecular weight is 722 g/mol. The summed E-state index contributed by atoms with van der Waals surface area (Å²) < 4.78 is 20.7. The molecule has 1 saturated heterocycles. The molecule has 10 nitrogen and oxygen atoms in total. The number of unbranched alkanes of at least 4 members (excludes halogenated alkanes) is 2. The fourth-order valence-electron chi connectivity index (χ4n) is 8.74. The van der Waals surface area contributed by atoms with E-state index in [4.69, 9.17) is 24.2 Å². The molecule has 1 aromatic rings. The Morgan fingerprint density at radius 2 is 1.88 bits per heavy atom. The second-order valence-corrected chi connectivity index (χ2v) is 16.5. The van der Waals surface area contributed by atoms with Crippen LogP contribution in [0.2, 0.25) is 0 Å². The minimum absolute atomic E-state index is 0.0259. The summed E-state index contributed by atoms with van der Waals surface area (Å²) in [6, 6.07) is 5.77. The lowest BCUT2D eigenvalue weighted by atomic mass is 9.55. The third kappa shape index (κ3) is 8.72. The second kappa shape index (κ2) is 17.0. The van der Waals surface area contributed by atoms with Crippen LogP contribution in [0.4, 0.5) is 0 Å². The molecule has 2 heterocycles. The van der Waals surface area contributed by atoms with E-state index in [2.05, 4.69) is 30.5 Å². The number of allylic oxidation sites excluding steroid dienone is 1. The Labute approximate surface area is 311 Å². The molecule has 3 fully saturated rings. The van der Waals surface area contributed by atoms with E-state index in [0.29, 0.717) is 19.6 Å². The summed E-state index contributed by atoms with van der Waals surface area (Å²) >= 11 is 0. The van der Waals surface area contributed by atoms with E-state index in [0.717, 1.165) is 106 Å². The van der Waals surface area contributed by atoms with Gasteiger partial charge in [0.25, 0.3) is 0 Å². The number of oxime groups is 1. The largest absolute Gasteiger partial charge is 0.492 e. The SMILES string of the molecule is C=CCO[C@@]12Oc3ccc(OCCN4CC4)cc3[C@H]3[C@H](CCCCO)[C@@H](CCCCO)C=C(C(=NOC(C)(C)C)C[C@@H]1N(CCC)C(=O)C1CC1)[C@H]32. The van der Waals surface area contributed by atoms with Crippen LogP contribution >= 0.6 is 0 Å². The summed E-state index contributed by atoms with van der Waals surface area (Å²) in [5.74, 6) is 0.588. The maximum absolute atomic E-state index is 14.3. The van der Waals surface area contributed by atoms with E-state index in [1.165, 1.54) is 0 Å². The van der Waals surface area contributed by atoms with Gasteiger partial charge in [0, 0.05) is 63.2 Å². The van der Waals surface area contributed by atoms with Crippen LogP contribution in [0.5, 0.6) is 11.5 Å². The van der Waals surface area contributed by atoms with Crippen molar-refractivity contribution in [2.24, 2.45) is 28.8 Å². The van der Waals surface area contributed by atoms with Gasteiger partial charge >= 0.3 is 0 Å². The normalized spacial score (nSPS) is 28.7. The molecular formula is C42H63N3O7. The quantitative estimate of drug-likeness (QED) is 0.0683. The molecule has 0 spiro atoms. The maximum atomic E-state index is 14.3. The van der Waals surface area contributed by atoms with Gasteiger partial charge in [0.15, 0.2) is 0 Å². The smallest absolute Gasteiger partial charge is 0.239 e. The zero-order chi connectivity index (χ0) is 36.9. The number of aliphatic hydroxyl groups is 2. The molecule has 3 aliphatic carbocycles. The van der Waals surface area contributed by atoms with Crippen molar-refractivity contribution in [1.29, 1.82) is 0 Å². The highest BCUT2D eigenvalue weighted by Crippen LogP contribution is 2.62. The van der Waals surface area contributed by atoms with Crippen LogP contribution < -0.4 is 9.47 Å². The number of nitrogens with zero attached hydrogens (tertiary/aromatic N) is 3. The van der Waals surface area contributed by atoms with E-state index >= 15 is 0 Å². The van der Waals surface area contributed by atoms with Crippen molar-refractivity contribution < 1.29 is 34.1 Å². The third-order valence-electron chi connectivity index (χ3n) is 11.3. The van der Waals surface area contributed by atoms with Crippen LogP contribution in [0.3, 0.4) is 0 Å². The molecule has 2 aliphatic heterocycles. The highest BCUT2D eigenvalue weighted by Gasteiger charge is 2.65. The molecule has 2 N–H and O–H groups in total. The first-order valence-electron chi connectivity index (χ1n) is 20.1. The zero-order valence-corrected chi connectivity index (χ0v) is 32.1.